The zero-order chi connectivity index (χ0) is 7.07. The second-order valence-corrected chi connectivity index (χ2v) is 4.36. The van der Waals surface area contributed by atoms with Gasteiger partial charge in [0.15, 0.2) is 0 Å². The zero-order valence-corrected chi connectivity index (χ0v) is 6.40. The standard InChI is InChI=1S/C6H11NOP/c1-3-5-4-6(5,7)9(2)8/h3,5H,1,4,7H2,2H3/q+1/t5-,6+/m1/s1. The molecule has 0 radical (unpaired) electrons. The van der Waals surface area contributed by atoms with Crippen LogP contribution in [0, 0.1) is 5.92 Å². The third-order valence-corrected chi connectivity index (χ3v) is 3.59. The highest BCUT2D eigenvalue weighted by Gasteiger charge is 2.62. The van der Waals surface area contributed by atoms with Gasteiger partial charge in [0, 0.05) is 12.3 Å². The Morgan fingerprint density at radius 3 is 2.67 bits per heavy atom. The van der Waals surface area contributed by atoms with E-state index in [1.807, 2.05) is 0 Å². The highest BCUT2D eigenvalue weighted by Crippen LogP contribution is 2.56. The molecule has 0 aromatic rings. The molecule has 0 bridgehead atoms. The Bertz CT molecular complexity index is 168. The van der Waals surface area contributed by atoms with Gasteiger partial charge in [0.25, 0.3) is 0 Å². The van der Waals surface area contributed by atoms with Crippen molar-refractivity contribution in [2.75, 3.05) is 6.66 Å². The molecule has 2 nitrogen and oxygen atoms in total. The van der Waals surface area contributed by atoms with Crippen molar-refractivity contribution < 1.29 is 4.57 Å². The van der Waals surface area contributed by atoms with Crippen LogP contribution in [-0.4, -0.2) is 11.9 Å². The molecule has 0 heterocycles. The maximum absolute atomic E-state index is 10.9. The molecular formula is C6H11NOP+. The monoisotopic (exact) mass is 144 g/mol. The molecule has 1 rings (SSSR count). The molecule has 0 saturated heterocycles. The first kappa shape index (κ1) is 6.91. The molecule has 9 heavy (non-hydrogen) atoms. The maximum atomic E-state index is 10.9. The van der Waals surface area contributed by atoms with Crippen LogP contribution in [0.1, 0.15) is 6.42 Å². The van der Waals surface area contributed by atoms with Gasteiger partial charge in [-0.2, -0.15) is 0 Å². The van der Waals surface area contributed by atoms with Gasteiger partial charge in [0.2, 0.25) is 5.28 Å². The van der Waals surface area contributed by atoms with E-state index in [1.165, 1.54) is 0 Å². The van der Waals surface area contributed by atoms with Gasteiger partial charge < -0.3 is 0 Å². The van der Waals surface area contributed by atoms with Crippen LogP contribution in [0.4, 0.5) is 0 Å². The van der Waals surface area contributed by atoms with E-state index in [1.54, 1.807) is 12.7 Å². The zero-order valence-electron chi connectivity index (χ0n) is 5.50. The molecule has 0 amide bonds. The van der Waals surface area contributed by atoms with Crippen molar-refractivity contribution >= 4 is 7.80 Å². The van der Waals surface area contributed by atoms with Crippen molar-refractivity contribution in [1.82, 2.24) is 0 Å². The summed E-state index contributed by atoms with van der Waals surface area (Å²) < 4.78 is 10.9. The van der Waals surface area contributed by atoms with Crippen molar-refractivity contribution in [3.63, 3.8) is 0 Å². The Hall–Kier alpha value is -0.200. The summed E-state index contributed by atoms with van der Waals surface area (Å²) in [5.41, 5.74) is 5.69. The number of rotatable bonds is 2. The smallest absolute Gasteiger partial charge is 0.284 e. The summed E-state index contributed by atoms with van der Waals surface area (Å²) in [4.78, 5) is 0. The van der Waals surface area contributed by atoms with E-state index in [9.17, 15) is 4.57 Å². The molecular weight excluding hydrogens is 133 g/mol. The maximum Gasteiger partial charge on any atom is 0.357 e. The number of hydrogen-bond acceptors (Lipinski definition) is 2. The SMILES string of the molecule is C=C[C@@H]1C[C@]1(N)[P+](C)=O. The van der Waals surface area contributed by atoms with Crippen LogP contribution in [0.3, 0.4) is 0 Å². The highest BCUT2D eigenvalue weighted by atomic mass is 31.1. The van der Waals surface area contributed by atoms with Gasteiger partial charge in [-0.25, -0.2) is 0 Å². The van der Waals surface area contributed by atoms with Crippen LogP contribution in [0.15, 0.2) is 12.7 Å². The molecule has 0 spiro atoms. The quantitative estimate of drug-likeness (QED) is 0.469. The first-order chi connectivity index (χ1) is 4.11. The first-order valence-corrected chi connectivity index (χ1v) is 4.64. The van der Waals surface area contributed by atoms with Gasteiger partial charge >= 0.3 is 7.80 Å². The summed E-state index contributed by atoms with van der Waals surface area (Å²) >= 11 is 0. The van der Waals surface area contributed by atoms with Crippen LogP contribution >= 0.6 is 7.80 Å². The van der Waals surface area contributed by atoms with Crippen molar-refractivity contribution in [3.8, 4) is 0 Å². The second kappa shape index (κ2) is 1.89. The van der Waals surface area contributed by atoms with E-state index in [-0.39, 0.29) is 0 Å². The minimum Gasteiger partial charge on any atom is -0.284 e. The Kier molecular flexibility index (Phi) is 1.45. The second-order valence-electron chi connectivity index (χ2n) is 2.54. The van der Waals surface area contributed by atoms with Crippen molar-refractivity contribution in [3.05, 3.63) is 12.7 Å². The first-order valence-electron chi connectivity index (χ1n) is 2.93. The van der Waals surface area contributed by atoms with Gasteiger partial charge in [-0.1, -0.05) is 10.6 Å². The molecule has 0 aliphatic heterocycles. The van der Waals surface area contributed by atoms with Gasteiger partial charge in [-0.15, -0.1) is 6.58 Å². The van der Waals surface area contributed by atoms with Crippen molar-refractivity contribution in [2.24, 2.45) is 11.7 Å². The van der Waals surface area contributed by atoms with E-state index in [4.69, 9.17) is 5.73 Å². The minimum atomic E-state index is -1.22. The summed E-state index contributed by atoms with van der Waals surface area (Å²) in [6.07, 6.45) is 2.64. The van der Waals surface area contributed by atoms with Crippen LogP contribution in [0.2, 0.25) is 0 Å². The Balaban J connectivity index is 2.62. The predicted octanol–water partition coefficient (Wildman–Crippen LogP) is 1.30. The summed E-state index contributed by atoms with van der Waals surface area (Å²) in [5, 5.41) is -0.392. The molecule has 0 aromatic heterocycles. The summed E-state index contributed by atoms with van der Waals surface area (Å²) in [6, 6.07) is 0. The van der Waals surface area contributed by atoms with Crippen LogP contribution < -0.4 is 5.73 Å². The fourth-order valence-corrected chi connectivity index (χ4v) is 1.97. The predicted molar refractivity (Wildman–Crippen MR) is 38.8 cm³/mol. The molecule has 2 N–H and O–H groups in total. The van der Waals surface area contributed by atoms with E-state index in [2.05, 4.69) is 6.58 Å². The highest BCUT2D eigenvalue weighted by molar-refractivity contribution is 7.46. The summed E-state index contributed by atoms with van der Waals surface area (Å²) in [7, 11) is -1.22. The van der Waals surface area contributed by atoms with Gasteiger partial charge in [0.05, 0.1) is 0 Å². The van der Waals surface area contributed by atoms with Gasteiger partial charge in [0.1, 0.15) is 6.66 Å². The third kappa shape index (κ3) is 0.930. The molecule has 1 unspecified atom stereocenters. The van der Waals surface area contributed by atoms with E-state index < -0.39 is 13.1 Å². The normalized spacial score (nSPS) is 42.0. The van der Waals surface area contributed by atoms with Crippen molar-refractivity contribution in [2.45, 2.75) is 11.7 Å². The molecule has 1 saturated carbocycles. The van der Waals surface area contributed by atoms with Crippen molar-refractivity contribution in [1.29, 1.82) is 0 Å². The topological polar surface area (TPSA) is 43.1 Å². The molecule has 1 aliphatic rings. The molecule has 1 aliphatic carbocycles. The van der Waals surface area contributed by atoms with Crippen LogP contribution in [-0.2, 0) is 4.57 Å². The lowest BCUT2D eigenvalue weighted by atomic mass is 10.4. The fourth-order valence-electron chi connectivity index (χ4n) is 0.943. The lowest BCUT2D eigenvalue weighted by Crippen LogP contribution is -2.18. The largest absolute Gasteiger partial charge is 0.357 e. The lowest BCUT2D eigenvalue weighted by Gasteiger charge is -1.89. The van der Waals surface area contributed by atoms with Crippen LogP contribution in [0.5, 0.6) is 0 Å². The molecule has 3 heteroatoms. The molecule has 50 valence electrons. The van der Waals surface area contributed by atoms with Gasteiger partial charge in [-0.05, 0) is 0 Å². The Morgan fingerprint density at radius 1 is 2.00 bits per heavy atom. The summed E-state index contributed by atoms with van der Waals surface area (Å²) in [5.74, 6) is 0.297. The lowest BCUT2D eigenvalue weighted by molar-refractivity contribution is 0.579. The number of nitrogens with two attached hydrogens (primary N) is 1. The van der Waals surface area contributed by atoms with E-state index in [0.29, 0.717) is 5.92 Å². The molecule has 1 fully saturated rings. The third-order valence-electron chi connectivity index (χ3n) is 1.90. The Labute approximate surface area is 55.9 Å². The number of hydrogen-bond donors (Lipinski definition) is 1. The van der Waals surface area contributed by atoms with Gasteiger partial charge in [-0.3, -0.25) is 5.73 Å². The minimum absolute atomic E-state index is 0.297. The van der Waals surface area contributed by atoms with Crippen LogP contribution in [0.25, 0.3) is 0 Å². The molecule has 0 aromatic carbocycles. The average molecular weight is 144 g/mol. The average Bonchev–Trinajstić information content (AvgIpc) is 2.44. The van der Waals surface area contributed by atoms with E-state index in [0.717, 1.165) is 6.42 Å². The fraction of sp³-hybridized carbons (Fsp3) is 0.667. The van der Waals surface area contributed by atoms with E-state index >= 15 is 0 Å². The summed E-state index contributed by atoms with van der Waals surface area (Å²) in [6.45, 7) is 5.27. The molecule has 3 atom stereocenters. The Morgan fingerprint density at radius 2 is 2.56 bits per heavy atom.